The summed E-state index contributed by atoms with van der Waals surface area (Å²) in [4.78, 5) is 24.9. The van der Waals surface area contributed by atoms with Crippen LogP contribution in [0.2, 0.25) is 0 Å². The number of aryl methyl sites for hydroxylation is 1. The third-order valence-corrected chi connectivity index (χ3v) is 4.01. The zero-order chi connectivity index (χ0) is 18.0. The van der Waals surface area contributed by atoms with Gasteiger partial charge in [0.1, 0.15) is 11.8 Å². The predicted octanol–water partition coefficient (Wildman–Crippen LogP) is 1.94. The molecule has 25 heavy (non-hydrogen) atoms. The average Bonchev–Trinajstić information content (AvgIpc) is 3.15. The highest BCUT2D eigenvalue weighted by Crippen LogP contribution is 2.32. The van der Waals surface area contributed by atoms with E-state index < -0.39 is 11.0 Å². The Morgan fingerprint density at radius 3 is 2.92 bits per heavy atom. The number of non-ortho nitro benzene ring substituents is 1. The predicted molar refractivity (Wildman–Crippen MR) is 91.9 cm³/mol. The van der Waals surface area contributed by atoms with E-state index in [1.165, 1.54) is 12.1 Å². The molecule has 0 unspecified atom stereocenters. The van der Waals surface area contributed by atoms with Crippen LogP contribution in [0.15, 0.2) is 30.6 Å². The molecule has 2 heterocycles. The number of nitrogens with zero attached hydrogens (tertiary/aromatic N) is 4. The minimum absolute atomic E-state index is 0.0551. The fourth-order valence-electron chi connectivity index (χ4n) is 2.83. The van der Waals surface area contributed by atoms with E-state index in [0.717, 1.165) is 5.69 Å². The normalized spacial score (nSPS) is 17.0. The Bertz CT molecular complexity index is 804. The number of ether oxygens (including phenoxy) is 1. The van der Waals surface area contributed by atoms with Crippen molar-refractivity contribution in [1.29, 1.82) is 0 Å². The molecule has 1 atom stereocenters. The van der Waals surface area contributed by atoms with E-state index >= 15 is 0 Å². The number of hydrogen-bond acceptors (Lipinski definition) is 6. The summed E-state index contributed by atoms with van der Waals surface area (Å²) in [6.07, 6.45) is 4.00. The minimum atomic E-state index is -0.473. The smallest absolute Gasteiger partial charge is 0.271 e. The second kappa shape index (κ2) is 6.80. The van der Waals surface area contributed by atoms with Crippen molar-refractivity contribution in [2.45, 2.75) is 19.4 Å². The quantitative estimate of drug-likeness (QED) is 0.634. The topological polar surface area (TPSA) is 103 Å². The number of nitro benzene ring substituents is 1. The van der Waals surface area contributed by atoms with Crippen molar-refractivity contribution in [2.75, 3.05) is 23.4 Å². The van der Waals surface area contributed by atoms with E-state index in [-0.39, 0.29) is 11.6 Å². The molecule has 9 heteroatoms. The van der Waals surface area contributed by atoms with Gasteiger partial charge in [0.05, 0.1) is 29.1 Å². The first-order chi connectivity index (χ1) is 12.0. The summed E-state index contributed by atoms with van der Waals surface area (Å²) < 4.78 is 7.14. The number of hydrogen-bond donors (Lipinski definition) is 1. The lowest BCUT2D eigenvalue weighted by molar-refractivity contribution is -0.384. The SMILES string of the molecule is CCOc1ccc([N+](=O)[O-])cc1N[C@H]1CCN(c2cnn(C)c2)C1=O. The first-order valence-corrected chi connectivity index (χ1v) is 7.97. The number of nitro groups is 1. The highest BCUT2D eigenvalue weighted by Gasteiger charge is 2.33. The number of amides is 1. The van der Waals surface area contributed by atoms with Crippen LogP contribution in [0.4, 0.5) is 17.1 Å². The van der Waals surface area contributed by atoms with Gasteiger partial charge in [-0.05, 0) is 19.4 Å². The van der Waals surface area contributed by atoms with E-state index in [1.807, 2.05) is 6.92 Å². The van der Waals surface area contributed by atoms with Gasteiger partial charge in [0.15, 0.2) is 0 Å². The molecule has 1 aliphatic rings. The van der Waals surface area contributed by atoms with Crippen molar-refractivity contribution in [1.82, 2.24) is 9.78 Å². The molecular formula is C16H19N5O4. The number of benzene rings is 1. The summed E-state index contributed by atoms with van der Waals surface area (Å²) in [6, 6.07) is 3.85. The van der Waals surface area contributed by atoms with Crippen molar-refractivity contribution >= 4 is 23.0 Å². The molecule has 1 fully saturated rings. The van der Waals surface area contributed by atoms with E-state index in [1.54, 1.807) is 35.1 Å². The summed E-state index contributed by atoms with van der Waals surface area (Å²) >= 11 is 0. The standard InChI is InChI=1S/C16H19N5O4/c1-3-25-15-5-4-11(21(23)24)8-14(15)18-13-6-7-20(16(13)22)12-9-17-19(2)10-12/h4-5,8-10,13,18H,3,6-7H2,1-2H3/t13-/m0/s1. The Balaban J connectivity index is 1.81. The molecule has 1 aromatic carbocycles. The summed E-state index contributed by atoms with van der Waals surface area (Å²) in [5, 5.41) is 18.2. The van der Waals surface area contributed by atoms with E-state index in [2.05, 4.69) is 10.4 Å². The molecular weight excluding hydrogens is 326 g/mol. The van der Waals surface area contributed by atoms with Crippen LogP contribution in [-0.2, 0) is 11.8 Å². The van der Waals surface area contributed by atoms with Gasteiger partial charge in [0.2, 0.25) is 5.91 Å². The lowest BCUT2D eigenvalue weighted by Gasteiger charge is -2.17. The van der Waals surface area contributed by atoms with Gasteiger partial charge in [0.25, 0.3) is 5.69 Å². The molecule has 1 aromatic heterocycles. The first-order valence-electron chi connectivity index (χ1n) is 7.97. The maximum atomic E-state index is 12.7. The fraction of sp³-hybridized carbons (Fsp3) is 0.375. The van der Waals surface area contributed by atoms with Crippen LogP contribution in [0.5, 0.6) is 5.75 Å². The molecule has 1 aliphatic heterocycles. The van der Waals surface area contributed by atoms with Crippen molar-refractivity contribution < 1.29 is 14.5 Å². The molecule has 0 radical (unpaired) electrons. The van der Waals surface area contributed by atoms with Gasteiger partial charge in [0, 0.05) is 31.9 Å². The zero-order valence-electron chi connectivity index (χ0n) is 14.0. The Kier molecular flexibility index (Phi) is 4.55. The Morgan fingerprint density at radius 2 is 2.28 bits per heavy atom. The molecule has 3 rings (SSSR count). The second-order valence-corrected chi connectivity index (χ2v) is 5.72. The molecule has 1 amide bonds. The molecule has 132 valence electrons. The Hall–Kier alpha value is -3.10. The maximum absolute atomic E-state index is 12.7. The molecule has 2 aromatic rings. The van der Waals surface area contributed by atoms with Gasteiger partial charge in [-0.25, -0.2) is 0 Å². The average molecular weight is 345 g/mol. The largest absolute Gasteiger partial charge is 0.492 e. The Morgan fingerprint density at radius 1 is 1.48 bits per heavy atom. The van der Waals surface area contributed by atoms with Crippen molar-refractivity contribution in [2.24, 2.45) is 7.05 Å². The highest BCUT2D eigenvalue weighted by atomic mass is 16.6. The highest BCUT2D eigenvalue weighted by molar-refractivity contribution is 6.01. The number of carbonyl (C=O) groups is 1. The Labute approximate surface area is 144 Å². The summed E-state index contributed by atoms with van der Waals surface area (Å²) in [6.45, 7) is 2.81. The van der Waals surface area contributed by atoms with Crippen LogP contribution >= 0.6 is 0 Å². The van der Waals surface area contributed by atoms with Crippen LogP contribution < -0.4 is 15.0 Å². The first kappa shape index (κ1) is 16.7. The third kappa shape index (κ3) is 3.39. The van der Waals surface area contributed by atoms with E-state index in [0.29, 0.717) is 31.0 Å². The molecule has 9 nitrogen and oxygen atoms in total. The van der Waals surface area contributed by atoms with Gasteiger partial charge >= 0.3 is 0 Å². The number of anilines is 2. The summed E-state index contributed by atoms with van der Waals surface area (Å²) in [7, 11) is 1.79. The van der Waals surface area contributed by atoms with Crippen molar-refractivity contribution in [3.8, 4) is 5.75 Å². The van der Waals surface area contributed by atoms with Crippen LogP contribution in [0.25, 0.3) is 0 Å². The van der Waals surface area contributed by atoms with Gasteiger partial charge < -0.3 is 15.0 Å². The molecule has 0 saturated carbocycles. The third-order valence-electron chi connectivity index (χ3n) is 4.01. The minimum Gasteiger partial charge on any atom is -0.492 e. The van der Waals surface area contributed by atoms with Crippen LogP contribution in [0.3, 0.4) is 0 Å². The molecule has 1 saturated heterocycles. The molecule has 1 N–H and O–H groups in total. The lowest BCUT2D eigenvalue weighted by Crippen LogP contribution is -2.33. The second-order valence-electron chi connectivity index (χ2n) is 5.72. The van der Waals surface area contributed by atoms with Gasteiger partial charge in [-0.1, -0.05) is 0 Å². The van der Waals surface area contributed by atoms with E-state index in [9.17, 15) is 14.9 Å². The number of rotatable bonds is 6. The van der Waals surface area contributed by atoms with Gasteiger partial charge in [-0.3, -0.25) is 19.6 Å². The van der Waals surface area contributed by atoms with Crippen LogP contribution in [0, 0.1) is 10.1 Å². The van der Waals surface area contributed by atoms with Crippen molar-refractivity contribution in [3.63, 3.8) is 0 Å². The zero-order valence-corrected chi connectivity index (χ0v) is 14.0. The summed E-state index contributed by atoms with van der Waals surface area (Å²) in [5.41, 5.74) is 1.13. The maximum Gasteiger partial charge on any atom is 0.271 e. The number of aromatic nitrogens is 2. The van der Waals surface area contributed by atoms with Gasteiger partial charge in [-0.15, -0.1) is 0 Å². The lowest BCUT2D eigenvalue weighted by atomic mass is 10.2. The summed E-state index contributed by atoms with van der Waals surface area (Å²) in [5.74, 6) is 0.391. The van der Waals surface area contributed by atoms with Gasteiger partial charge in [-0.2, -0.15) is 5.10 Å². The number of nitrogens with one attached hydrogen (secondary N) is 1. The monoisotopic (exact) mass is 345 g/mol. The molecule has 0 bridgehead atoms. The van der Waals surface area contributed by atoms with E-state index in [4.69, 9.17) is 4.74 Å². The fourth-order valence-corrected chi connectivity index (χ4v) is 2.83. The van der Waals surface area contributed by atoms with Crippen molar-refractivity contribution in [3.05, 3.63) is 40.7 Å². The number of carbonyl (C=O) groups excluding carboxylic acids is 1. The molecule has 0 spiro atoms. The van der Waals surface area contributed by atoms with Crippen LogP contribution in [0.1, 0.15) is 13.3 Å². The van der Waals surface area contributed by atoms with Crippen LogP contribution in [-0.4, -0.2) is 39.8 Å². The molecule has 0 aliphatic carbocycles.